The van der Waals surface area contributed by atoms with Gasteiger partial charge >= 0.3 is 0 Å². The zero-order valence-electron chi connectivity index (χ0n) is 12.2. The van der Waals surface area contributed by atoms with E-state index in [9.17, 15) is 4.79 Å². The molecular weight excluding hydrogens is 312 g/mol. The van der Waals surface area contributed by atoms with Crippen LogP contribution in [0.4, 0.5) is 5.69 Å². The first-order valence-corrected chi connectivity index (χ1v) is 8.05. The van der Waals surface area contributed by atoms with Crippen molar-refractivity contribution < 1.29 is 4.79 Å². The van der Waals surface area contributed by atoms with Crippen molar-refractivity contribution in [2.24, 2.45) is 0 Å². The van der Waals surface area contributed by atoms with E-state index in [2.05, 4.69) is 4.98 Å². The van der Waals surface area contributed by atoms with Gasteiger partial charge in [-0.1, -0.05) is 42.2 Å². The fourth-order valence-electron chi connectivity index (χ4n) is 2.25. The van der Waals surface area contributed by atoms with Crippen LogP contribution in [-0.4, -0.2) is 15.2 Å². The first kappa shape index (κ1) is 14.9. The van der Waals surface area contributed by atoms with E-state index >= 15 is 0 Å². The van der Waals surface area contributed by atoms with Crippen molar-refractivity contribution in [2.75, 3.05) is 4.90 Å². The van der Waals surface area contributed by atoms with E-state index in [0.717, 1.165) is 22.5 Å². The van der Waals surface area contributed by atoms with E-state index in [-0.39, 0.29) is 5.91 Å². The van der Waals surface area contributed by atoms with Crippen LogP contribution < -0.4 is 4.90 Å². The number of benzene rings is 1. The number of hydrogen-bond acceptors (Lipinski definition) is 4. The predicted molar refractivity (Wildman–Crippen MR) is 95.8 cm³/mol. The number of nitrogens with zero attached hydrogens (tertiary/aromatic N) is 2. The Bertz CT molecular complexity index is 785. The third kappa shape index (κ3) is 2.69. The number of amides is 1. The van der Waals surface area contributed by atoms with Crippen molar-refractivity contribution in [3.8, 4) is 0 Å². The Balaban J connectivity index is 1.99. The Morgan fingerprint density at radius 1 is 1.18 bits per heavy atom. The molecule has 0 atom stereocenters. The van der Waals surface area contributed by atoms with Crippen LogP contribution in [0.5, 0.6) is 0 Å². The molecule has 0 unspecified atom stereocenters. The second-order valence-corrected chi connectivity index (χ2v) is 6.67. The average Bonchev–Trinajstić information content (AvgIpc) is 2.78. The molecule has 0 spiro atoms. The lowest BCUT2D eigenvalue weighted by atomic mass is 10.1. The van der Waals surface area contributed by atoms with E-state index < -0.39 is 0 Å². The summed E-state index contributed by atoms with van der Waals surface area (Å²) in [4.78, 5) is 19.1. The largest absolute Gasteiger partial charge is 0.270 e. The summed E-state index contributed by atoms with van der Waals surface area (Å²) in [5.74, 6) is -0.0886. The fourth-order valence-corrected chi connectivity index (χ4v) is 3.52. The quantitative estimate of drug-likeness (QED) is 0.614. The molecule has 1 aliphatic heterocycles. The molecule has 1 aromatic heterocycles. The van der Waals surface area contributed by atoms with Crippen molar-refractivity contribution in [3.05, 3.63) is 64.3 Å². The van der Waals surface area contributed by atoms with Crippen LogP contribution in [0.3, 0.4) is 0 Å². The topological polar surface area (TPSA) is 33.2 Å². The molecule has 5 heteroatoms. The Hall–Kier alpha value is -1.98. The molecule has 1 amide bonds. The molecule has 0 radical (unpaired) electrons. The highest BCUT2D eigenvalue weighted by molar-refractivity contribution is 8.27. The van der Waals surface area contributed by atoms with Crippen molar-refractivity contribution in [3.63, 3.8) is 0 Å². The van der Waals surface area contributed by atoms with Crippen LogP contribution in [0, 0.1) is 13.8 Å². The molecule has 3 nitrogen and oxygen atoms in total. The molecule has 2 aromatic rings. The minimum atomic E-state index is -0.0886. The lowest BCUT2D eigenvalue weighted by Crippen LogP contribution is -2.28. The van der Waals surface area contributed by atoms with Gasteiger partial charge in [0, 0.05) is 6.20 Å². The second kappa shape index (κ2) is 6.02. The lowest BCUT2D eigenvalue weighted by Gasteiger charge is -2.18. The van der Waals surface area contributed by atoms with E-state index in [1.54, 1.807) is 17.2 Å². The van der Waals surface area contributed by atoms with Crippen molar-refractivity contribution in [2.45, 2.75) is 13.8 Å². The van der Waals surface area contributed by atoms with Gasteiger partial charge in [0.15, 0.2) is 4.32 Å². The number of thiocarbonyl (C=S) groups is 1. The number of aromatic nitrogens is 1. The maximum absolute atomic E-state index is 12.7. The molecular formula is C17H14N2OS2. The number of rotatable bonds is 2. The molecule has 1 fully saturated rings. The van der Waals surface area contributed by atoms with Gasteiger partial charge in [0.2, 0.25) is 0 Å². The normalized spacial score (nSPS) is 16.6. The third-order valence-electron chi connectivity index (χ3n) is 3.58. The summed E-state index contributed by atoms with van der Waals surface area (Å²) in [6, 6.07) is 11.5. The van der Waals surface area contributed by atoms with Gasteiger partial charge in [-0.3, -0.25) is 14.7 Å². The molecule has 1 aromatic carbocycles. The molecule has 1 saturated heterocycles. The van der Waals surface area contributed by atoms with Gasteiger partial charge in [-0.15, -0.1) is 0 Å². The number of thioether (sulfide) groups is 1. The van der Waals surface area contributed by atoms with Gasteiger partial charge in [-0.25, -0.2) is 0 Å². The van der Waals surface area contributed by atoms with E-state index in [1.807, 2.05) is 50.2 Å². The molecule has 0 bridgehead atoms. The van der Waals surface area contributed by atoms with E-state index in [0.29, 0.717) is 9.23 Å². The van der Waals surface area contributed by atoms with Gasteiger partial charge in [-0.2, -0.15) is 0 Å². The van der Waals surface area contributed by atoms with Crippen LogP contribution in [0.2, 0.25) is 0 Å². The molecule has 2 heterocycles. The molecule has 110 valence electrons. The van der Waals surface area contributed by atoms with Crippen molar-refractivity contribution in [1.29, 1.82) is 0 Å². The summed E-state index contributed by atoms with van der Waals surface area (Å²) in [5, 5.41) is 0. The standard InChI is InChI=1S/C17H14N2OS2/c1-11-6-5-8-14(12(11)2)19-16(20)15(22-17(19)21)10-13-7-3-4-9-18-13/h3-10H,1-2H3/b15-10-. The van der Waals surface area contributed by atoms with Crippen LogP contribution in [-0.2, 0) is 4.79 Å². The van der Waals surface area contributed by atoms with Crippen LogP contribution >= 0.6 is 24.0 Å². The van der Waals surface area contributed by atoms with Gasteiger partial charge in [0.05, 0.1) is 16.3 Å². The fraction of sp³-hybridized carbons (Fsp3) is 0.118. The highest BCUT2D eigenvalue weighted by Gasteiger charge is 2.34. The summed E-state index contributed by atoms with van der Waals surface area (Å²) in [6.07, 6.45) is 3.49. The molecule has 3 rings (SSSR count). The van der Waals surface area contributed by atoms with Gasteiger partial charge in [-0.05, 0) is 49.2 Å². The van der Waals surface area contributed by atoms with Crippen LogP contribution in [0.1, 0.15) is 16.8 Å². The molecule has 0 N–H and O–H groups in total. The van der Waals surface area contributed by atoms with Gasteiger partial charge < -0.3 is 0 Å². The third-order valence-corrected chi connectivity index (χ3v) is 4.88. The number of pyridine rings is 1. The minimum absolute atomic E-state index is 0.0886. The second-order valence-electron chi connectivity index (χ2n) is 4.99. The molecule has 1 aliphatic rings. The number of carbonyl (C=O) groups is 1. The summed E-state index contributed by atoms with van der Waals surface area (Å²) in [7, 11) is 0. The first-order valence-electron chi connectivity index (χ1n) is 6.83. The minimum Gasteiger partial charge on any atom is -0.268 e. The van der Waals surface area contributed by atoms with Crippen LogP contribution in [0.25, 0.3) is 6.08 Å². The van der Waals surface area contributed by atoms with Crippen LogP contribution in [0.15, 0.2) is 47.5 Å². The highest BCUT2D eigenvalue weighted by atomic mass is 32.2. The average molecular weight is 326 g/mol. The summed E-state index contributed by atoms with van der Waals surface area (Å²) in [5.41, 5.74) is 3.81. The first-order chi connectivity index (χ1) is 10.6. The zero-order valence-corrected chi connectivity index (χ0v) is 13.9. The molecule has 0 aliphatic carbocycles. The number of anilines is 1. The predicted octanol–water partition coefficient (Wildman–Crippen LogP) is 4.10. The maximum atomic E-state index is 12.7. The van der Waals surface area contributed by atoms with Crippen molar-refractivity contribution in [1.82, 2.24) is 4.98 Å². The Kier molecular flexibility index (Phi) is 4.09. The number of carbonyl (C=O) groups excluding carboxylic acids is 1. The molecule has 22 heavy (non-hydrogen) atoms. The van der Waals surface area contributed by atoms with E-state index in [1.165, 1.54) is 11.8 Å². The molecule has 0 saturated carbocycles. The monoisotopic (exact) mass is 326 g/mol. The van der Waals surface area contributed by atoms with E-state index in [4.69, 9.17) is 12.2 Å². The van der Waals surface area contributed by atoms with Crippen molar-refractivity contribution >= 4 is 46.0 Å². The summed E-state index contributed by atoms with van der Waals surface area (Å²) in [6.45, 7) is 4.03. The Labute approximate surface area is 139 Å². The smallest absolute Gasteiger partial charge is 0.268 e. The number of hydrogen-bond donors (Lipinski definition) is 0. The Morgan fingerprint density at radius 2 is 2.00 bits per heavy atom. The van der Waals surface area contributed by atoms with Gasteiger partial charge in [0.1, 0.15) is 0 Å². The maximum Gasteiger partial charge on any atom is 0.270 e. The Morgan fingerprint density at radius 3 is 2.73 bits per heavy atom. The lowest BCUT2D eigenvalue weighted by molar-refractivity contribution is -0.113. The zero-order chi connectivity index (χ0) is 15.7. The SMILES string of the molecule is Cc1cccc(N2C(=O)/C(=C/c3ccccn3)SC2=S)c1C. The summed E-state index contributed by atoms with van der Waals surface area (Å²) >= 11 is 6.72. The highest BCUT2D eigenvalue weighted by Crippen LogP contribution is 2.37. The van der Waals surface area contributed by atoms with Gasteiger partial charge in [0.25, 0.3) is 5.91 Å². The number of aryl methyl sites for hydroxylation is 1. The summed E-state index contributed by atoms with van der Waals surface area (Å²) < 4.78 is 0.556.